The lowest BCUT2D eigenvalue weighted by Crippen LogP contribution is -2.51. The molecule has 0 N–H and O–H groups in total. The van der Waals surface area contributed by atoms with Gasteiger partial charge in [-0.05, 0) is 35.0 Å². The molecule has 0 saturated carbocycles. The average molecular weight is 377 g/mol. The maximum atomic E-state index is 14.0. The molecule has 0 spiro atoms. The average Bonchev–Trinajstić information content (AvgIpc) is 2.74. The van der Waals surface area contributed by atoms with Crippen LogP contribution in [0.25, 0.3) is 10.8 Å². The van der Waals surface area contributed by atoms with Gasteiger partial charge in [0, 0.05) is 38.9 Å². The number of amides is 1. The fourth-order valence-corrected chi connectivity index (χ4v) is 3.71. The van der Waals surface area contributed by atoms with Crippen molar-refractivity contribution >= 4 is 28.1 Å². The van der Waals surface area contributed by atoms with E-state index in [1.165, 1.54) is 11.5 Å². The van der Waals surface area contributed by atoms with Gasteiger partial charge >= 0.3 is 0 Å². The molecule has 0 radical (unpaired) electrons. The van der Waals surface area contributed by atoms with Crippen LogP contribution in [-0.2, 0) is 4.79 Å². The van der Waals surface area contributed by atoms with Gasteiger partial charge in [0.05, 0.1) is 12.2 Å². The molecule has 0 aromatic heterocycles. The monoisotopic (exact) mass is 377 g/mol. The van der Waals surface area contributed by atoms with Crippen molar-refractivity contribution in [1.29, 1.82) is 0 Å². The van der Waals surface area contributed by atoms with Crippen molar-refractivity contribution < 1.29 is 9.18 Å². The molecule has 0 aliphatic carbocycles. The largest absolute Gasteiger partial charge is 0.366 e. The molecule has 28 heavy (non-hydrogen) atoms. The van der Waals surface area contributed by atoms with Crippen LogP contribution < -0.4 is 9.80 Å². The Hall–Kier alpha value is -3.08. The number of likely N-dealkylation sites (N-methyl/N-ethyl adjacent to an activating group) is 1. The number of para-hydroxylation sites is 1. The molecule has 4 nitrogen and oxygen atoms in total. The van der Waals surface area contributed by atoms with Gasteiger partial charge in [-0.25, -0.2) is 4.39 Å². The van der Waals surface area contributed by atoms with Gasteiger partial charge in [0.1, 0.15) is 5.82 Å². The van der Waals surface area contributed by atoms with Crippen LogP contribution in [0.5, 0.6) is 0 Å². The first kappa shape index (κ1) is 18.3. The maximum Gasteiger partial charge on any atom is 0.242 e. The highest BCUT2D eigenvalue weighted by atomic mass is 19.1. The SMILES string of the molecule is CN(CC(=O)N1CCN(c2ccccc2F)CC1)c1ccc2ccccc2c1. The van der Waals surface area contributed by atoms with Gasteiger partial charge in [-0.3, -0.25) is 4.79 Å². The second-order valence-corrected chi connectivity index (χ2v) is 7.21. The molecule has 1 aliphatic heterocycles. The summed E-state index contributed by atoms with van der Waals surface area (Å²) >= 11 is 0. The quantitative estimate of drug-likeness (QED) is 0.693. The highest BCUT2D eigenvalue weighted by Crippen LogP contribution is 2.22. The molecule has 1 heterocycles. The van der Waals surface area contributed by atoms with Crippen molar-refractivity contribution in [2.24, 2.45) is 0 Å². The molecule has 3 aromatic rings. The Balaban J connectivity index is 1.36. The highest BCUT2D eigenvalue weighted by Gasteiger charge is 2.23. The number of benzene rings is 3. The van der Waals surface area contributed by atoms with Crippen molar-refractivity contribution in [2.45, 2.75) is 0 Å². The number of carbonyl (C=O) groups is 1. The van der Waals surface area contributed by atoms with E-state index in [1.54, 1.807) is 12.1 Å². The first-order valence-electron chi connectivity index (χ1n) is 9.59. The van der Waals surface area contributed by atoms with Crippen molar-refractivity contribution in [3.05, 3.63) is 72.5 Å². The lowest BCUT2D eigenvalue weighted by molar-refractivity contribution is -0.129. The molecule has 0 atom stereocenters. The van der Waals surface area contributed by atoms with E-state index in [-0.39, 0.29) is 11.7 Å². The van der Waals surface area contributed by atoms with Crippen LogP contribution in [0.4, 0.5) is 15.8 Å². The molecular weight excluding hydrogens is 353 g/mol. The minimum Gasteiger partial charge on any atom is -0.366 e. The summed E-state index contributed by atoms with van der Waals surface area (Å²) in [5.74, 6) is -0.109. The van der Waals surface area contributed by atoms with E-state index in [9.17, 15) is 9.18 Å². The number of hydrogen-bond acceptors (Lipinski definition) is 3. The molecule has 1 fully saturated rings. The summed E-state index contributed by atoms with van der Waals surface area (Å²) in [7, 11) is 1.94. The molecule has 0 unspecified atom stereocenters. The van der Waals surface area contributed by atoms with Gasteiger partial charge in [-0.1, -0.05) is 42.5 Å². The van der Waals surface area contributed by atoms with Gasteiger partial charge in [-0.2, -0.15) is 0 Å². The van der Waals surface area contributed by atoms with Crippen molar-refractivity contribution in [2.75, 3.05) is 49.6 Å². The zero-order chi connectivity index (χ0) is 19.5. The minimum absolute atomic E-state index is 0.101. The lowest BCUT2D eigenvalue weighted by Gasteiger charge is -2.37. The fraction of sp³-hybridized carbons (Fsp3) is 0.261. The van der Waals surface area contributed by atoms with Gasteiger partial charge in [0.2, 0.25) is 5.91 Å². The molecule has 1 amide bonds. The predicted octanol–water partition coefficient (Wildman–Crippen LogP) is 3.76. The Morgan fingerprint density at radius 3 is 2.36 bits per heavy atom. The van der Waals surface area contributed by atoms with Crippen LogP contribution in [-0.4, -0.2) is 50.6 Å². The van der Waals surface area contributed by atoms with Crippen LogP contribution in [0.2, 0.25) is 0 Å². The lowest BCUT2D eigenvalue weighted by atomic mass is 10.1. The molecule has 1 aliphatic rings. The van der Waals surface area contributed by atoms with Crippen LogP contribution in [0, 0.1) is 5.82 Å². The van der Waals surface area contributed by atoms with Gasteiger partial charge in [0.15, 0.2) is 0 Å². The number of fused-ring (bicyclic) bond motifs is 1. The van der Waals surface area contributed by atoms with E-state index in [4.69, 9.17) is 0 Å². The second kappa shape index (κ2) is 7.89. The number of piperazine rings is 1. The molecule has 144 valence electrons. The molecule has 1 saturated heterocycles. The third kappa shape index (κ3) is 3.79. The normalized spacial score (nSPS) is 14.4. The molecule has 5 heteroatoms. The first-order valence-corrected chi connectivity index (χ1v) is 9.59. The summed E-state index contributed by atoms with van der Waals surface area (Å²) in [6.45, 7) is 2.84. The van der Waals surface area contributed by atoms with E-state index in [2.05, 4.69) is 24.3 Å². The number of halogens is 1. The highest BCUT2D eigenvalue weighted by molar-refractivity contribution is 5.87. The van der Waals surface area contributed by atoms with Crippen molar-refractivity contribution in [3.8, 4) is 0 Å². The summed E-state index contributed by atoms with van der Waals surface area (Å²) in [6, 6.07) is 21.3. The summed E-state index contributed by atoms with van der Waals surface area (Å²) < 4.78 is 14.0. The Bertz CT molecular complexity index is 982. The topological polar surface area (TPSA) is 26.8 Å². The smallest absolute Gasteiger partial charge is 0.242 e. The third-order valence-corrected chi connectivity index (χ3v) is 5.37. The van der Waals surface area contributed by atoms with Crippen LogP contribution in [0.15, 0.2) is 66.7 Å². The Labute approximate surface area is 164 Å². The van der Waals surface area contributed by atoms with Crippen LogP contribution in [0.3, 0.4) is 0 Å². The minimum atomic E-state index is -0.210. The van der Waals surface area contributed by atoms with E-state index < -0.39 is 0 Å². The van der Waals surface area contributed by atoms with Gasteiger partial charge in [-0.15, -0.1) is 0 Å². The Morgan fingerprint density at radius 1 is 0.929 bits per heavy atom. The molecular formula is C23H24FN3O. The maximum absolute atomic E-state index is 14.0. The number of hydrogen-bond donors (Lipinski definition) is 0. The van der Waals surface area contributed by atoms with Crippen LogP contribution in [0.1, 0.15) is 0 Å². The summed E-state index contributed by atoms with van der Waals surface area (Å²) in [5, 5.41) is 2.35. The molecule has 3 aromatic carbocycles. The number of anilines is 2. The fourth-order valence-electron chi connectivity index (χ4n) is 3.71. The van der Waals surface area contributed by atoms with Crippen LogP contribution >= 0.6 is 0 Å². The standard InChI is InChI=1S/C23H24FN3O/c1-25(20-11-10-18-6-2-3-7-19(18)16-20)17-23(28)27-14-12-26(13-15-27)22-9-5-4-8-21(22)24/h2-11,16H,12-15,17H2,1H3. The van der Waals surface area contributed by atoms with E-state index in [1.807, 2.05) is 46.0 Å². The summed E-state index contributed by atoms with van der Waals surface area (Å²) in [5.41, 5.74) is 1.64. The molecule has 0 bridgehead atoms. The van der Waals surface area contributed by atoms with Crippen molar-refractivity contribution in [3.63, 3.8) is 0 Å². The Morgan fingerprint density at radius 2 is 1.61 bits per heavy atom. The summed E-state index contributed by atoms with van der Waals surface area (Å²) in [4.78, 5) is 18.6. The zero-order valence-electron chi connectivity index (χ0n) is 16.0. The van der Waals surface area contributed by atoms with Crippen molar-refractivity contribution in [1.82, 2.24) is 4.90 Å². The number of carbonyl (C=O) groups excluding carboxylic acids is 1. The third-order valence-electron chi connectivity index (χ3n) is 5.37. The summed E-state index contributed by atoms with van der Waals surface area (Å²) in [6.07, 6.45) is 0. The number of nitrogens with zero attached hydrogens (tertiary/aromatic N) is 3. The van der Waals surface area contributed by atoms with E-state index >= 15 is 0 Å². The van der Waals surface area contributed by atoms with Gasteiger partial charge in [0.25, 0.3) is 0 Å². The number of rotatable bonds is 4. The zero-order valence-corrected chi connectivity index (χ0v) is 16.0. The Kier molecular flexibility index (Phi) is 5.15. The van der Waals surface area contributed by atoms with Gasteiger partial charge < -0.3 is 14.7 Å². The first-order chi connectivity index (χ1) is 13.6. The predicted molar refractivity (Wildman–Crippen MR) is 112 cm³/mol. The van der Waals surface area contributed by atoms with E-state index in [0.29, 0.717) is 38.4 Å². The van der Waals surface area contributed by atoms with E-state index in [0.717, 1.165) is 11.1 Å². The second-order valence-electron chi connectivity index (χ2n) is 7.21. The molecule has 4 rings (SSSR count).